The highest BCUT2D eigenvalue weighted by molar-refractivity contribution is 5.89. The van der Waals surface area contributed by atoms with Crippen molar-refractivity contribution in [1.29, 1.82) is 0 Å². The van der Waals surface area contributed by atoms with E-state index in [-0.39, 0.29) is 0 Å². The van der Waals surface area contributed by atoms with Crippen LogP contribution in [-0.4, -0.2) is 0 Å². The van der Waals surface area contributed by atoms with E-state index >= 15 is 0 Å². The van der Waals surface area contributed by atoms with E-state index in [4.69, 9.17) is 4.42 Å². The van der Waals surface area contributed by atoms with Crippen molar-refractivity contribution in [2.45, 2.75) is 0 Å². The zero-order valence-corrected chi connectivity index (χ0v) is 21.9. The number of hydrogen-bond acceptors (Lipinski definition) is 2. The summed E-state index contributed by atoms with van der Waals surface area (Å²) in [4.78, 5) is 2.31. The van der Waals surface area contributed by atoms with Crippen molar-refractivity contribution in [3.63, 3.8) is 0 Å². The molecule has 0 aliphatic carbocycles. The molecule has 7 rings (SSSR count). The van der Waals surface area contributed by atoms with Crippen molar-refractivity contribution in [3.8, 4) is 33.6 Å². The summed E-state index contributed by atoms with van der Waals surface area (Å²) in [6.45, 7) is 0. The van der Waals surface area contributed by atoms with Gasteiger partial charge in [-0.2, -0.15) is 0 Å². The molecule has 0 fully saturated rings. The lowest BCUT2D eigenvalue weighted by molar-refractivity contribution is 0.632. The molecular formula is C38H27NO. The van der Waals surface area contributed by atoms with Crippen LogP contribution in [0.2, 0.25) is 0 Å². The molecule has 0 atom stereocenters. The van der Waals surface area contributed by atoms with Crippen molar-refractivity contribution in [2.75, 3.05) is 4.90 Å². The fraction of sp³-hybridized carbons (Fsp3) is 0. The molecule has 40 heavy (non-hydrogen) atoms. The van der Waals surface area contributed by atoms with E-state index in [1.807, 2.05) is 18.2 Å². The molecule has 7 aromatic rings. The maximum atomic E-state index is 6.23. The van der Waals surface area contributed by atoms with Crippen LogP contribution in [0.25, 0.3) is 44.5 Å². The smallest absolute Gasteiger partial charge is 0.136 e. The summed E-state index contributed by atoms with van der Waals surface area (Å²) in [5, 5.41) is 1.11. The van der Waals surface area contributed by atoms with Gasteiger partial charge in [0.25, 0.3) is 0 Å². The summed E-state index contributed by atoms with van der Waals surface area (Å²) in [6, 6.07) is 57.3. The lowest BCUT2D eigenvalue weighted by atomic mass is 9.97. The topological polar surface area (TPSA) is 16.4 Å². The lowest BCUT2D eigenvalue weighted by Crippen LogP contribution is -2.09. The van der Waals surface area contributed by atoms with Gasteiger partial charge in [0.15, 0.2) is 0 Å². The number of benzene rings is 6. The molecule has 0 bridgehead atoms. The Morgan fingerprint density at radius 3 is 1.75 bits per heavy atom. The second-order valence-electron chi connectivity index (χ2n) is 9.83. The lowest BCUT2D eigenvalue weighted by Gasteiger charge is -2.26. The Kier molecular flexibility index (Phi) is 6.20. The SMILES string of the molecule is c1ccc(-c2cccc(N(c3ccccc3)c3ccc(-c4ccccc4-c4cc5ccccc5o4)cc3)c2)cc1. The van der Waals surface area contributed by atoms with Crippen LogP contribution in [0, 0.1) is 0 Å². The molecule has 0 unspecified atom stereocenters. The first kappa shape index (κ1) is 23.8. The minimum atomic E-state index is 0.879. The number of anilines is 3. The van der Waals surface area contributed by atoms with Crippen LogP contribution >= 0.6 is 0 Å². The third-order valence-corrected chi connectivity index (χ3v) is 7.28. The van der Waals surface area contributed by atoms with Crippen LogP contribution in [-0.2, 0) is 0 Å². The Balaban J connectivity index is 1.29. The maximum Gasteiger partial charge on any atom is 0.136 e. The van der Waals surface area contributed by atoms with E-state index in [0.29, 0.717) is 0 Å². The van der Waals surface area contributed by atoms with Gasteiger partial charge in [-0.3, -0.25) is 0 Å². The summed E-state index contributed by atoms with van der Waals surface area (Å²) in [5.41, 5.74) is 10.00. The third-order valence-electron chi connectivity index (χ3n) is 7.28. The van der Waals surface area contributed by atoms with Crippen LogP contribution in [0.1, 0.15) is 0 Å². The van der Waals surface area contributed by atoms with Crippen LogP contribution in [0.4, 0.5) is 17.1 Å². The molecule has 1 heterocycles. The molecule has 0 saturated carbocycles. The Morgan fingerprint density at radius 1 is 0.375 bits per heavy atom. The Labute approximate surface area is 234 Å². The molecule has 0 N–H and O–H groups in total. The zero-order chi connectivity index (χ0) is 26.7. The number of nitrogens with zero attached hydrogens (tertiary/aromatic N) is 1. The van der Waals surface area contributed by atoms with Crippen LogP contribution in [0.15, 0.2) is 168 Å². The van der Waals surface area contributed by atoms with Gasteiger partial charge in [0.2, 0.25) is 0 Å². The standard InChI is InChI=1S/C38H27NO/c1-3-12-28(13-4-1)30-15-11-18-34(26-30)39(32-16-5-2-6-17-32)33-24-22-29(23-25-33)35-19-8-9-20-36(35)38-27-31-14-7-10-21-37(31)40-38/h1-27H. The minimum Gasteiger partial charge on any atom is -0.456 e. The van der Waals surface area contributed by atoms with Crippen molar-refractivity contribution in [2.24, 2.45) is 0 Å². The van der Waals surface area contributed by atoms with Crippen molar-refractivity contribution in [3.05, 3.63) is 164 Å². The van der Waals surface area contributed by atoms with Gasteiger partial charge in [0, 0.05) is 28.0 Å². The molecule has 1 aromatic heterocycles. The van der Waals surface area contributed by atoms with Gasteiger partial charge < -0.3 is 9.32 Å². The Morgan fingerprint density at radius 2 is 0.975 bits per heavy atom. The molecule has 0 saturated heterocycles. The Bertz CT molecular complexity index is 1850. The first-order valence-electron chi connectivity index (χ1n) is 13.5. The van der Waals surface area contributed by atoms with Crippen LogP contribution in [0.5, 0.6) is 0 Å². The number of hydrogen-bond donors (Lipinski definition) is 0. The summed E-state index contributed by atoms with van der Waals surface area (Å²) in [7, 11) is 0. The zero-order valence-electron chi connectivity index (χ0n) is 21.9. The van der Waals surface area contributed by atoms with Gasteiger partial charge in [-0.25, -0.2) is 0 Å². The molecule has 0 aliphatic heterocycles. The van der Waals surface area contributed by atoms with E-state index in [1.165, 1.54) is 11.1 Å². The molecule has 0 aliphatic rings. The average Bonchev–Trinajstić information content (AvgIpc) is 3.47. The van der Waals surface area contributed by atoms with Gasteiger partial charge in [0.1, 0.15) is 11.3 Å². The highest BCUT2D eigenvalue weighted by atomic mass is 16.3. The summed E-state index contributed by atoms with van der Waals surface area (Å²) in [6.07, 6.45) is 0. The second kappa shape index (κ2) is 10.4. The number of furan rings is 1. The van der Waals surface area contributed by atoms with Gasteiger partial charge >= 0.3 is 0 Å². The first-order valence-corrected chi connectivity index (χ1v) is 13.5. The van der Waals surface area contributed by atoms with Gasteiger partial charge in [0.05, 0.1) is 0 Å². The van der Waals surface area contributed by atoms with Gasteiger partial charge in [-0.1, -0.05) is 115 Å². The summed E-state index contributed by atoms with van der Waals surface area (Å²) in [5.74, 6) is 0.879. The highest BCUT2D eigenvalue weighted by Gasteiger charge is 2.15. The fourth-order valence-electron chi connectivity index (χ4n) is 5.33. The monoisotopic (exact) mass is 513 g/mol. The molecule has 0 radical (unpaired) electrons. The number of fused-ring (bicyclic) bond motifs is 1. The molecular weight excluding hydrogens is 486 g/mol. The predicted molar refractivity (Wildman–Crippen MR) is 167 cm³/mol. The summed E-state index contributed by atoms with van der Waals surface area (Å²) >= 11 is 0. The van der Waals surface area contributed by atoms with E-state index in [2.05, 4.69) is 150 Å². The first-order chi connectivity index (χ1) is 19.8. The van der Waals surface area contributed by atoms with Crippen LogP contribution < -0.4 is 4.90 Å². The number of para-hydroxylation sites is 2. The van der Waals surface area contributed by atoms with E-state index in [1.54, 1.807) is 0 Å². The third kappa shape index (κ3) is 4.57. The maximum absolute atomic E-state index is 6.23. The largest absolute Gasteiger partial charge is 0.456 e. The molecule has 2 nitrogen and oxygen atoms in total. The van der Waals surface area contributed by atoms with Gasteiger partial charge in [-0.05, 0) is 70.8 Å². The highest BCUT2D eigenvalue weighted by Crippen LogP contribution is 2.39. The molecule has 0 spiro atoms. The fourth-order valence-corrected chi connectivity index (χ4v) is 5.33. The molecule has 190 valence electrons. The summed E-state index contributed by atoms with van der Waals surface area (Å²) < 4.78 is 6.23. The van der Waals surface area contributed by atoms with Crippen LogP contribution in [0.3, 0.4) is 0 Å². The van der Waals surface area contributed by atoms with Crippen molar-refractivity contribution < 1.29 is 4.42 Å². The predicted octanol–water partition coefficient (Wildman–Crippen LogP) is 10.9. The molecule has 6 aromatic carbocycles. The molecule has 0 amide bonds. The van der Waals surface area contributed by atoms with E-state index in [9.17, 15) is 0 Å². The quantitative estimate of drug-likeness (QED) is 0.220. The van der Waals surface area contributed by atoms with E-state index in [0.717, 1.165) is 50.5 Å². The van der Waals surface area contributed by atoms with Crippen molar-refractivity contribution in [1.82, 2.24) is 0 Å². The molecule has 2 heteroatoms. The van der Waals surface area contributed by atoms with E-state index < -0.39 is 0 Å². The minimum absolute atomic E-state index is 0.879. The van der Waals surface area contributed by atoms with Gasteiger partial charge in [-0.15, -0.1) is 0 Å². The number of rotatable bonds is 6. The Hall–Kier alpha value is -5.34. The van der Waals surface area contributed by atoms with Crippen molar-refractivity contribution >= 4 is 28.0 Å². The second-order valence-corrected chi connectivity index (χ2v) is 9.83. The normalized spacial score (nSPS) is 11.0. The average molecular weight is 514 g/mol.